The van der Waals surface area contributed by atoms with E-state index in [1.807, 2.05) is 30.3 Å². The second-order valence-electron chi connectivity index (χ2n) is 6.53. The van der Waals surface area contributed by atoms with Gasteiger partial charge >= 0.3 is 0 Å². The Morgan fingerprint density at radius 3 is 2.71 bits per heavy atom. The molecule has 0 atom stereocenters. The van der Waals surface area contributed by atoms with E-state index in [-0.39, 0.29) is 24.0 Å². The highest BCUT2D eigenvalue weighted by Gasteiger charge is 2.16. The standard InChI is InChI=1S/C22H17ClN2O3/c1-13-9-16(24-20(26)10-14-5-3-2-4-6-14)12-17(21(13)27)22-25-18-11-15(23)7-8-19(18)28-22/h2-9,11-12,27H,10H2,1H3,(H,24,26). The van der Waals surface area contributed by atoms with Gasteiger partial charge in [0.15, 0.2) is 5.58 Å². The smallest absolute Gasteiger partial charge is 0.231 e. The molecule has 1 amide bonds. The number of carbonyl (C=O) groups is 1. The van der Waals surface area contributed by atoms with Crippen LogP contribution < -0.4 is 5.32 Å². The number of halogens is 1. The Morgan fingerprint density at radius 2 is 1.93 bits per heavy atom. The van der Waals surface area contributed by atoms with Crippen molar-refractivity contribution in [3.8, 4) is 17.2 Å². The van der Waals surface area contributed by atoms with Crippen molar-refractivity contribution in [2.24, 2.45) is 0 Å². The van der Waals surface area contributed by atoms with Gasteiger partial charge in [-0.05, 0) is 48.4 Å². The summed E-state index contributed by atoms with van der Waals surface area (Å²) in [5, 5.41) is 13.9. The van der Waals surface area contributed by atoms with Crippen molar-refractivity contribution in [2.75, 3.05) is 5.32 Å². The summed E-state index contributed by atoms with van der Waals surface area (Å²) in [5.41, 5.74) is 3.65. The largest absolute Gasteiger partial charge is 0.507 e. The SMILES string of the molecule is Cc1cc(NC(=O)Cc2ccccc2)cc(-c2nc3cc(Cl)ccc3o2)c1O. The number of aromatic hydroxyl groups is 1. The maximum absolute atomic E-state index is 12.4. The molecule has 4 rings (SSSR count). The molecule has 28 heavy (non-hydrogen) atoms. The Labute approximate surface area is 166 Å². The number of hydrogen-bond acceptors (Lipinski definition) is 4. The molecule has 0 aliphatic carbocycles. The predicted molar refractivity (Wildman–Crippen MR) is 110 cm³/mol. The van der Waals surface area contributed by atoms with Crippen LogP contribution in [0.2, 0.25) is 5.02 Å². The van der Waals surface area contributed by atoms with E-state index in [1.165, 1.54) is 0 Å². The number of nitrogens with zero attached hydrogens (tertiary/aromatic N) is 1. The lowest BCUT2D eigenvalue weighted by molar-refractivity contribution is -0.115. The van der Waals surface area contributed by atoms with E-state index in [0.717, 1.165) is 5.56 Å². The number of hydrogen-bond donors (Lipinski definition) is 2. The highest BCUT2D eigenvalue weighted by atomic mass is 35.5. The van der Waals surface area contributed by atoms with Gasteiger partial charge in [-0.1, -0.05) is 41.9 Å². The Balaban J connectivity index is 1.65. The number of anilines is 1. The third-order valence-corrected chi connectivity index (χ3v) is 4.61. The minimum Gasteiger partial charge on any atom is -0.507 e. The van der Waals surface area contributed by atoms with Gasteiger partial charge in [-0.25, -0.2) is 4.98 Å². The van der Waals surface area contributed by atoms with Crippen LogP contribution >= 0.6 is 11.6 Å². The minimum absolute atomic E-state index is 0.0544. The van der Waals surface area contributed by atoms with Crippen LogP contribution in [0.15, 0.2) is 65.1 Å². The summed E-state index contributed by atoms with van der Waals surface area (Å²) in [5.74, 6) is 0.169. The fourth-order valence-electron chi connectivity index (χ4n) is 3.02. The van der Waals surface area contributed by atoms with Gasteiger partial charge in [0.05, 0.1) is 12.0 Å². The van der Waals surface area contributed by atoms with E-state index in [1.54, 1.807) is 37.3 Å². The molecule has 4 aromatic rings. The molecule has 1 heterocycles. The summed E-state index contributed by atoms with van der Waals surface area (Å²) in [6.07, 6.45) is 0.261. The molecule has 5 nitrogen and oxygen atoms in total. The maximum atomic E-state index is 12.4. The molecule has 0 aliphatic rings. The lowest BCUT2D eigenvalue weighted by Gasteiger charge is -2.10. The molecule has 0 saturated heterocycles. The van der Waals surface area contributed by atoms with Crippen molar-refractivity contribution >= 4 is 34.3 Å². The van der Waals surface area contributed by atoms with E-state index < -0.39 is 0 Å². The average Bonchev–Trinajstić information content (AvgIpc) is 3.08. The molecule has 0 spiro atoms. The molecule has 0 fully saturated rings. The van der Waals surface area contributed by atoms with Gasteiger partial charge < -0.3 is 14.8 Å². The quantitative estimate of drug-likeness (QED) is 0.459. The van der Waals surface area contributed by atoms with Crippen LogP contribution in [0.5, 0.6) is 5.75 Å². The number of rotatable bonds is 4. The first-order valence-corrected chi connectivity index (χ1v) is 9.11. The summed E-state index contributed by atoms with van der Waals surface area (Å²) in [7, 11) is 0. The minimum atomic E-state index is -0.147. The zero-order valence-electron chi connectivity index (χ0n) is 15.1. The fraction of sp³-hybridized carbons (Fsp3) is 0.0909. The number of carbonyl (C=O) groups excluding carboxylic acids is 1. The van der Waals surface area contributed by atoms with Crippen molar-refractivity contribution in [3.63, 3.8) is 0 Å². The number of fused-ring (bicyclic) bond motifs is 1. The fourth-order valence-corrected chi connectivity index (χ4v) is 3.18. The summed E-state index contributed by atoms with van der Waals surface area (Å²) in [6.45, 7) is 1.76. The van der Waals surface area contributed by atoms with Crippen molar-refractivity contribution in [1.82, 2.24) is 4.98 Å². The molecule has 0 saturated carbocycles. The monoisotopic (exact) mass is 392 g/mol. The van der Waals surface area contributed by atoms with Crippen LogP contribution in [-0.2, 0) is 11.2 Å². The first kappa shape index (κ1) is 18.1. The topological polar surface area (TPSA) is 75.4 Å². The molecule has 3 aromatic carbocycles. The van der Waals surface area contributed by atoms with Crippen molar-refractivity contribution in [3.05, 3.63) is 76.8 Å². The maximum Gasteiger partial charge on any atom is 0.231 e. The number of phenolic OH excluding ortho intramolecular Hbond substituents is 1. The van der Waals surface area contributed by atoms with Gasteiger partial charge in [0.1, 0.15) is 11.3 Å². The van der Waals surface area contributed by atoms with Gasteiger partial charge in [-0.15, -0.1) is 0 Å². The molecule has 0 bridgehead atoms. The predicted octanol–water partition coefficient (Wildman–Crippen LogP) is 5.34. The Morgan fingerprint density at radius 1 is 1.14 bits per heavy atom. The highest BCUT2D eigenvalue weighted by Crippen LogP contribution is 2.36. The number of oxazole rings is 1. The third kappa shape index (κ3) is 3.70. The molecule has 6 heteroatoms. The van der Waals surface area contributed by atoms with Gasteiger partial charge in [0.25, 0.3) is 0 Å². The Kier molecular flexibility index (Phi) is 4.75. The Hall–Kier alpha value is -3.31. The van der Waals surface area contributed by atoms with Gasteiger partial charge in [-0.3, -0.25) is 4.79 Å². The van der Waals surface area contributed by atoms with Crippen LogP contribution in [0.4, 0.5) is 5.69 Å². The molecule has 0 unspecified atom stereocenters. The summed E-state index contributed by atoms with van der Waals surface area (Å²) in [4.78, 5) is 16.8. The molecular formula is C22H17ClN2O3. The zero-order chi connectivity index (χ0) is 19.7. The molecular weight excluding hydrogens is 376 g/mol. The number of amides is 1. The summed E-state index contributed by atoms with van der Waals surface area (Å²) >= 11 is 6.00. The number of nitrogens with one attached hydrogen (secondary N) is 1. The Bertz CT molecular complexity index is 1170. The molecule has 2 N–H and O–H groups in total. The number of aryl methyl sites for hydroxylation is 1. The van der Waals surface area contributed by atoms with E-state index in [4.69, 9.17) is 16.0 Å². The van der Waals surface area contributed by atoms with Gasteiger partial charge in [0, 0.05) is 10.7 Å². The van der Waals surface area contributed by atoms with E-state index in [0.29, 0.717) is 32.9 Å². The first-order valence-electron chi connectivity index (χ1n) is 8.73. The average molecular weight is 393 g/mol. The van der Waals surface area contributed by atoms with Gasteiger partial charge in [0.2, 0.25) is 11.8 Å². The van der Waals surface area contributed by atoms with Gasteiger partial charge in [-0.2, -0.15) is 0 Å². The summed E-state index contributed by atoms with van der Waals surface area (Å²) < 4.78 is 5.76. The van der Waals surface area contributed by atoms with E-state index in [2.05, 4.69) is 10.3 Å². The van der Waals surface area contributed by atoms with Crippen LogP contribution in [0.25, 0.3) is 22.6 Å². The zero-order valence-corrected chi connectivity index (χ0v) is 15.8. The number of aromatic nitrogens is 1. The van der Waals surface area contributed by atoms with E-state index >= 15 is 0 Å². The van der Waals surface area contributed by atoms with Crippen LogP contribution in [0.1, 0.15) is 11.1 Å². The normalized spacial score (nSPS) is 10.9. The second-order valence-corrected chi connectivity index (χ2v) is 6.97. The van der Waals surface area contributed by atoms with E-state index in [9.17, 15) is 9.90 Å². The van der Waals surface area contributed by atoms with Crippen LogP contribution in [-0.4, -0.2) is 16.0 Å². The third-order valence-electron chi connectivity index (χ3n) is 4.37. The highest BCUT2D eigenvalue weighted by molar-refractivity contribution is 6.31. The lowest BCUT2D eigenvalue weighted by atomic mass is 10.1. The first-order chi connectivity index (χ1) is 13.5. The van der Waals surface area contributed by atoms with Crippen molar-refractivity contribution in [1.29, 1.82) is 0 Å². The van der Waals surface area contributed by atoms with Crippen molar-refractivity contribution in [2.45, 2.75) is 13.3 Å². The molecule has 0 radical (unpaired) electrons. The molecule has 140 valence electrons. The molecule has 1 aromatic heterocycles. The number of phenols is 1. The number of benzene rings is 3. The summed E-state index contributed by atoms with van der Waals surface area (Å²) in [6, 6.07) is 18.0. The second kappa shape index (κ2) is 7.37. The van der Waals surface area contributed by atoms with Crippen LogP contribution in [0.3, 0.4) is 0 Å². The van der Waals surface area contributed by atoms with Crippen LogP contribution in [0, 0.1) is 6.92 Å². The van der Waals surface area contributed by atoms with Crippen molar-refractivity contribution < 1.29 is 14.3 Å². The molecule has 0 aliphatic heterocycles. The lowest BCUT2D eigenvalue weighted by Crippen LogP contribution is -2.14.